The first kappa shape index (κ1) is 13.8. The van der Waals surface area contributed by atoms with Crippen molar-refractivity contribution >= 4 is 29.3 Å². The minimum atomic E-state index is -0.0375. The van der Waals surface area contributed by atoms with Crippen LogP contribution in [0.2, 0.25) is 0 Å². The van der Waals surface area contributed by atoms with E-state index in [1.165, 1.54) is 0 Å². The number of nitrogens with zero attached hydrogens (tertiary/aromatic N) is 3. The number of fused-ring (bicyclic) bond motifs is 1. The number of aryl methyl sites for hydroxylation is 2. The highest BCUT2D eigenvalue weighted by atomic mass is 32.1. The van der Waals surface area contributed by atoms with E-state index in [-0.39, 0.29) is 12.5 Å². The Balaban J connectivity index is 2.28. The van der Waals surface area contributed by atoms with E-state index >= 15 is 0 Å². The number of hydrogen-bond donors (Lipinski definition) is 2. The van der Waals surface area contributed by atoms with Crippen LogP contribution in [0.5, 0.6) is 0 Å². The van der Waals surface area contributed by atoms with Crippen LogP contribution in [0.15, 0.2) is 0 Å². The van der Waals surface area contributed by atoms with Crippen molar-refractivity contribution in [2.75, 3.05) is 6.54 Å². The van der Waals surface area contributed by atoms with Gasteiger partial charge in [0.1, 0.15) is 12.1 Å². The van der Waals surface area contributed by atoms with Gasteiger partial charge in [-0.3, -0.25) is 14.0 Å². The zero-order valence-electron chi connectivity index (χ0n) is 11.6. The minimum Gasteiger partial charge on any atom is -0.354 e. The largest absolute Gasteiger partial charge is 0.354 e. The third-order valence-electron chi connectivity index (χ3n) is 2.93. The summed E-state index contributed by atoms with van der Waals surface area (Å²) < 4.78 is 4.07. The smallest absolute Gasteiger partial charge is 0.240 e. The molecule has 0 spiro atoms. The van der Waals surface area contributed by atoms with Crippen LogP contribution in [0.1, 0.15) is 19.5 Å². The third kappa shape index (κ3) is 2.70. The van der Waals surface area contributed by atoms with Crippen molar-refractivity contribution in [3.8, 4) is 0 Å². The second-order valence-corrected chi connectivity index (χ2v) is 5.51. The summed E-state index contributed by atoms with van der Waals surface area (Å²) in [4.78, 5) is 15.0. The zero-order chi connectivity index (χ0) is 14.2. The van der Waals surface area contributed by atoms with Crippen molar-refractivity contribution in [2.45, 2.75) is 27.3 Å². The fourth-order valence-corrected chi connectivity index (χ4v) is 2.29. The molecule has 0 bridgehead atoms. The molecule has 0 aromatic carbocycles. The Hall–Kier alpha value is -1.63. The van der Waals surface area contributed by atoms with E-state index in [1.54, 1.807) is 9.25 Å². The Labute approximate surface area is 116 Å². The van der Waals surface area contributed by atoms with E-state index < -0.39 is 0 Å². The number of carbonyl (C=O) groups is 1. The fourth-order valence-electron chi connectivity index (χ4n) is 2.04. The molecule has 19 heavy (non-hydrogen) atoms. The average Bonchev–Trinajstić information content (AvgIpc) is 2.77. The standard InChI is InChI=1S/C12H19N5OS/c1-7(2)5-13-9(18)6-17-11-10(14-12(17)19)8(3)15-16(11)4/h7H,5-6H2,1-4H3,(H,13,18)(H,14,19). The molecule has 2 aromatic rings. The van der Waals surface area contributed by atoms with Crippen molar-refractivity contribution in [2.24, 2.45) is 13.0 Å². The minimum absolute atomic E-state index is 0.0375. The van der Waals surface area contributed by atoms with E-state index in [2.05, 4.69) is 29.2 Å². The summed E-state index contributed by atoms with van der Waals surface area (Å²) in [5.74, 6) is 0.395. The molecule has 2 rings (SSSR count). The van der Waals surface area contributed by atoms with Gasteiger partial charge < -0.3 is 10.3 Å². The first-order valence-corrected chi connectivity index (χ1v) is 6.69. The van der Waals surface area contributed by atoms with E-state index in [9.17, 15) is 4.79 Å². The lowest BCUT2D eigenvalue weighted by atomic mass is 10.2. The number of imidazole rings is 1. The summed E-state index contributed by atoms with van der Waals surface area (Å²) in [7, 11) is 1.85. The molecule has 0 aliphatic carbocycles. The molecule has 0 saturated carbocycles. The zero-order valence-corrected chi connectivity index (χ0v) is 12.5. The number of carbonyl (C=O) groups excluding carboxylic acids is 1. The van der Waals surface area contributed by atoms with Gasteiger partial charge in [0.25, 0.3) is 0 Å². The highest BCUT2D eigenvalue weighted by Gasteiger charge is 2.14. The fraction of sp³-hybridized carbons (Fsp3) is 0.583. The maximum atomic E-state index is 11.9. The molecule has 6 nitrogen and oxygen atoms in total. The van der Waals surface area contributed by atoms with Crippen molar-refractivity contribution in [1.29, 1.82) is 0 Å². The van der Waals surface area contributed by atoms with E-state index in [4.69, 9.17) is 12.2 Å². The van der Waals surface area contributed by atoms with Gasteiger partial charge in [-0.15, -0.1) is 0 Å². The number of aromatic amines is 1. The highest BCUT2D eigenvalue weighted by molar-refractivity contribution is 7.71. The molecule has 0 atom stereocenters. The molecule has 2 N–H and O–H groups in total. The third-order valence-corrected chi connectivity index (χ3v) is 3.26. The highest BCUT2D eigenvalue weighted by Crippen LogP contribution is 2.16. The summed E-state index contributed by atoms with van der Waals surface area (Å²) in [5.41, 5.74) is 2.62. The number of nitrogens with one attached hydrogen (secondary N) is 2. The summed E-state index contributed by atoms with van der Waals surface area (Å²) in [6, 6.07) is 0. The second kappa shape index (κ2) is 5.16. The molecule has 0 saturated heterocycles. The van der Waals surface area contributed by atoms with Gasteiger partial charge in [0.05, 0.1) is 5.69 Å². The van der Waals surface area contributed by atoms with Crippen LogP contribution in [0.3, 0.4) is 0 Å². The maximum Gasteiger partial charge on any atom is 0.240 e. The van der Waals surface area contributed by atoms with Crippen LogP contribution in [-0.2, 0) is 18.4 Å². The Morgan fingerprint density at radius 1 is 1.53 bits per heavy atom. The molecule has 2 heterocycles. The van der Waals surface area contributed by atoms with Crippen LogP contribution in [0, 0.1) is 17.6 Å². The van der Waals surface area contributed by atoms with Gasteiger partial charge in [-0.05, 0) is 25.1 Å². The molecule has 1 amide bonds. The van der Waals surface area contributed by atoms with Gasteiger partial charge in [-0.2, -0.15) is 5.10 Å². The predicted molar refractivity (Wildman–Crippen MR) is 76.5 cm³/mol. The molecule has 104 valence electrons. The number of aromatic nitrogens is 4. The van der Waals surface area contributed by atoms with Crippen molar-refractivity contribution in [1.82, 2.24) is 24.6 Å². The molecule has 0 aliphatic heterocycles. The van der Waals surface area contributed by atoms with Gasteiger partial charge >= 0.3 is 0 Å². The lowest BCUT2D eigenvalue weighted by Gasteiger charge is -2.08. The Morgan fingerprint density at radius 3 is 2.84 bits per heavy atom. The van der Waals surface area contributed by atoms with E-state index in [0.717, 1.165) is 16.9 Å². The van der Waals surface area contributed by atoms with Gasteiger partial charge in [0.15, 0.2) is 10.4 Å². The van der Waals surface area contributed by atoms with Crippen LogP contribution in [-0.4, -0.2) is 31.8 Å². The Morgan fingerprint density at radius 2 is 2.21 bits per heavy atom. The molecule has 7 heteroatoms. The predicted octanol–water partition coefficient (Wildman–Crippen LogP) is 1.51. The number of hydrogen-bond acceptors (Lipinski definition) is 3. The summed E-state index contributed by atoms with van der Waals surface area (Å²) in [5, 5.41) is 7.21. The quantitative estimate of drug-likeness (QED) is 0.835. The lowest BCUT2D eigenvalue weighted by Crippen LogP contribution is -2.30. The van der Waals surface area contributed by atoms with Gasteiger partial charge in [0.2, 0.25) is 5.91 Å². The van der Waals surface area contributed by atoms with E-state index in [1.807, 2.05) is 14.0 Å². The molecule has 0 unspecified atom stereocenters. The van der Waals surface area contributed by atoms with Crippen molar-refractivity contribution in [3.63, 3.8) is 0 Å². The molecule has 0 fully saturated rings. The number of rotatable bonds is 4. The first-order valence-electron chi connectivity index (χ1n) is 6.29. The van der Waals surface area contributed by atoms with Crippen LogP contribution in [0.4, 0.5) is 0 Å². The lowest BCUT2D eigenvalue weighted by molar-refractivity contribution is -0.121. The Bertz CT molecular complexity index is 663. The average molecular weight is 281 g/mol. The summed E-state index contributed by atoms with van der Waals surface area (Å²) in [6.07, 6.45) is 0. The van der Waals surface area contributed by atoms with Crippen LogP contribution < -0.4 is 5.32 Å². The molecule has 0 radical (unpaired) electrons. The molecule has 0 aliphatic rings. The normalized spacial score (nSPS) is 11.4. The molecular weight excluding hydrogens is 262 g/mol. The summed E-state index contributed by atoms with van der Waals surface area (Å²) in [6.45, 7) is 6.92. The van der Waals surface area contributed by atoms with Gasteiger partial charge in [-0.1, -0.05) is 13.8 Å². The second-order valence-electron chi connectivity index (χ2n) is 5.12. The monoisotopic (exact) mass is 281 g/mol. The number of amides is 1. The topological polar surface area (TPSA) is 67.6 Å². The van der Waals surface area contributed by atoms with Crippen LogP contribution in [0.25, 0.3) is 11.2 Å². The van der Waals surface area contributed by atoms with Crippen molar-refractivity contribution in [3.05, 3.63) is 10.5 Å². The first-order chi connectivity index (χ1) is 8.90. The van der Waals surface area contributed by atoms with E-state index in [0.29, 0.717) is 17.2 Å². The Kier molecular flexibility index (Phi) is 3.75. The SMILES string of the molecule is Cc1nn(C)c2c1[nH]c(=S)n2CC(=O)NCC(C)C. The van der Waals surface area contributed by atoms with Crippen molar-refractivity contribution < 1.29 is 4.79 Å². The summed E-state index contributed by atoms with van der Waals surface area (Å²) >= 11 is 5.27. The molecule has 2 aromatic heterocycles. The number of H-pyrrole nitrogens is 1. The maximum absolute atomic E-state index is 11.9. The van der Waals surface area contributed by atoms with Crippen LogP contribution >= 0.6 is 12.2 Å². The molecular formula is C12H19N5OS. The van der Waals surface area contributed by atoms with Gasteiger partial charge in [-0.25, -0.2) is 0 Å². The van der Waals surface area contributed by atoms with Gasteiger partial charge in [0, 0.05) is 13.6 Å².